The SMILES string of the molecule is COC1(c2cc3ccccc3s2)CCNCC1. The third-order valence-electron chi connectivity index (χ3n) is 3.68. The van der Waals surface area contributed by atoms with Crippen molar-refractivity contribution < 1.29 is 4.74 Å². The second-order valence-corrected chi connectivity index (χ2v) is 5.68. The van der Waals surface area contributed by atoms with Crippen molar-refractivity contribution in [1.29, 1.82) is 0 Å². The zero-order chi connectivity index (χ0) is 11.7. The van der Waals surface area contributed by atoms with Crippen LogP contribution in [0.2, 0.25) is 0 Å². The predicted molar refractivity (Wildman–Crippen MR) is 72.6 cm³/mol. The molecule has 1 aliphatic heterocycles. The van der Waals surface area contributed by atoms with Crippen molar-refractivity contribution in [2.75, 3.05) is 20.2 Å². The number of thiophene rings is 1. The van der Waals surface area contributed by atoms with Crippen LogP contribution in [0, 0.1) is 0 Å². The van der Waals surface area contributed by atoms with Crippen molar-refractivity contribution in [3.63, 3.8) is 0 Å². The van der Waals surface area contributed by atoms with Crippen molar-refractivity contribution in [2.24, 2.45) is 0 Å². The summed E-state index contributed by atoms with van der Waals surface area (Å²) in [7, 11) is 1.84. The van der Waals surface area contributed by atoms with Gasteiger partial charge in [0, 0.05) is 16.7 Å². The molecule has 90 valence electrons. The van der Waals surface area contributed by atoms with Crippen LogP contribution < -0.4 is 5.32 Å². The molecule has 0 saturated carbocycles. The highest BCUT2D eigenvalue weighted by atomic mass is 32.1. The Morgan fingerprint density at radius 3 is 2.71 bits per heavy atom. The van der Waals surface area contributed by atoms with Gasteiger partial charge in [-0.3, -0.25) is 0 Å². The molecular weight excluding hydrogens is 230 g/mol. The van der Waals surface area contributed by atoms with Crippen LogP contribution in [-0.4, -0.2) is 20.2 Å². The molecule has 17 heavy (non-hydrogen) atoms. The predicted octanol–water partition coefficient (Wildman–Crippen LogP) is 3.13. The van der Waals surface area contributed by atoms with Gasteiger partial charge in [0.2, 0.25) is 0 Å². The summed E-state index contributed by atoms with van der Waals surface area (Å²) in [6, 6.07) is 10.9. The molecule has 3 heteroatoms. The molecule has 0 amide bonds. The van der Waals surface area contributed by atoms with Gasteiger partial charge in [0.1, 0.15) is 5.60 Å². The van der Waals surface area contributed by atoms with Crippen LogP contribution in [0.3, 0.4) is 0 Å². The summed E-state index contributed by atoms with van der Waals surface area (Å²) in [6.07, 6.45) is 2.13. The molecule has 0 bridgehead atoms. The van der Waals surface area contributed by atoms with E-state index in [4.69, 9.17) is 4.74 Å². The van der Waals surface area contributed by atoms with Crippen molar-refractivity contribution in [1.82, 2.24) is 5.32 Å². The van der Waals surface area contributed by atoms with Crippen molar-refractivity contribution in [2.45, 2.75) is 18.4 Å². The Morgan fingerprint density at radius 1 is 1.24 bits per heavy atom. The maximum Gasteiger partial charge on any atom is 0.104 e. The first kappa shape index (κ1) is 11.2. The molecule has 1 fully saturated rings. The molecule has 0 unspecified atom stereocenters. The number of hydrogen-bond donors (Lipinski definition) is 1. The fourth-order valence-corrected chi connectivity index (χ4v) is 3.88. The van der Waals surface area contributed by atoms with Gasteiger partial charge in [-0.05, 0) is 43.5 Å². The van der Waals surface area contributed by atoms with Gasteiger partial charge in [0.25, 0.3) is 0 Å². The van der Waals surface area contributed by atoms with E-state index in [-0.39, 0.29) is 5.60 Å². The average molecular weight is 247 g/mol. The molecule has 0 spiro atoms. The van der Waals surface area contributed by atoms with Gasteiger partial charge >= 0.3 is 0 Å². The summed E-state index contributed by atoms with van der Waals surface area (Å²) >= 11 is 1.87. The number of fused-ring (bicyclic) bond motifs is 1. The number of methoxy groups -OCH3 is 1. The number of ether oxygens (including phenoxy) is 1. The lowest BCUT2D eigenvalue weighted by molar-refractivity contribution is -0.0360. The Hall–Kier alpha value is -0.900. The minimum atomic E-state index is -0.0606. The Bertz CT molecular complexity index is 481. The van der Waals surface area contributed by atoms with E-state index >= 15 is 0 Å². The molecule has 1 saturated heterocycles. The quantitative estimate of drug-likeness (QED) is 0.880. The van der Waals surface area contributed by atoms with Crippen LogP contribution in [0.4, 0.5) is 0 Å². The highest BCUT2D eigenvalue weighted by Gasteiger charge is 2.35. The number of hydrogen-bond acceptors (Lipinski definition) is 3. The number of benzene rings is 1. The van der Waals surface area contributed by atoms with Crippen LogP contribution in [0.15, 0.2) is 30.3 Å². The van der Waals surface area contributed by atoms with Gasteiger partial charge in [-0.25, -0.2) is 0 Å². The highest BCUT2D eigenvalue weighted by Crippen LogP contribution is 2.40. The first-order valence-electron chi connectivity index (χ1n) is 6.09. The molecule has 2 aromatic rings. The number of piperidine rings is 1. The zero-order valence-electron chi connectivity index (χ0n) is 10.0. The monoisotopic (exact) mass is 247 g/mol. The van der Waals surface area contributed by atoms with E-state index in [1.165, 1.54) is 15.0 Å². The van der Waals surface area contributed by atoms with E-state index in [0.29, 0.717) is 0 Å². The van der Waals surface area contributed by atoms with Gasteiger partial charge in [0.05, 0.1) is 0 Å². The molecule has 1 aromatic heterocycles. The van der Waals surface area contributed by atoms with E-state index in [9.17, 15) is 0 Å². The van der Waals surface area contributed by atoms with Crippen LogP contribution in [0.1, 0.15) is 17.7 Å². The van der Waals surface area contributed by atoms with E-state index in [1.807, 2.05) is 18.4 Å². The standard InChI is InChI=1S/C14H17NOS/c1-16-14(6-8-15-9-7-14)13-10-11-4-2-3-5-12(11)17-13/h2-5,10,15H,6-9H2,1H3. The molecule has 1 aromatic carbocycles. The average Bonchev–Trinajstić information content (AvgIpc) is 2.84. The Morgan fingerprint density at radius 2 is 2.00 bits per heavy atom. The van der Waals surface area contributed by atoms with Crippen LogP contribution in [-0.2, 0) is 10.3 Å². The largest absolute Gasteiger partial charge is 0.373 e. The van der Waals surface area contributed by atoms with Crippen molar-refractivity contribution >= 4 is 21.4 Å². The number of nitrogens with one attached hydrogen (secondary N) is 1. The number of rotatable bonds is 2. The first-order valence-corrected chi connectivity index (χ1v) is 6.91. The molecule has 1 N–H and O–H groups in total. The summed E-state index contributed by atoms with van der Waals surface area (Å²) in [5.41, 5.74) is -0.0606. The molecule has 2 heterocycles. The molecule has 0 atom stereocenters. The van der Waals surface area contributed by atoms with E-state index in [2.05, 4.69) is 35.6 Å². The van der Waals surface area contributed by atoms with E-state index in [1.54, 1.807) is 0 Å². The third-order valence-corrected chi connectivity index (χ3v) is 4.98. The lowest BCUT2D eigenvalue weighted by Gasteiger charge is -2.35. The molecular formula is C14H17NOS. The highest BCUT2D eigenvalue weighted by molar-refractivity contribution is 7.19. The van der Waals surface area contributed by atoms with Gasteiger partial charge in [-0.2, -0.15) is 0 Å². The van der Waals surface area contributed by atoms with Gasteiger partial charge in [-0.1, -0.05) is 18.2 Å². The normalized spacial score (nSPS) is 19.6. The third kappa shape index (κ3) is 1.88. The van der Waals surface area contributed by atoms with E-state index < -0.39 is 0 Å². The topological polar surface area (TPSA) is 21.3 Å². The molecule has 2 nitrogen and oxygen atoms in total. The fourth-order valence-electron chi connectivity index (χ4n) is 2.59. The summed E-state index contributed by atoms with van der Waals surface area (Å²) in [5, 5.41) is 4.74. The second-order valence-electron chi connectivity index (χ2n) is 4.60. The first-order chi connectivity index (χ1) is 8.34. The summed E-state index contributed by atoms with van der Waals surface area (Å²) < 4.78 is 7.22. The molecule has 0 radical (unpaired) electrons. The smallest absolute Gasteiger partial charge is 0.104 e. The Kier molecular flexibility index (Phi) is 2.90. The minimum absolute atomic E-state index is 0.0606. The zero-order valence-corrected chi connectivity index (χ0v) is 10.8. The minimum Gasteiger partial charge on any atom is -0.373 e. The van der Waals surface area contributed by atoms with Gasteiger partial charge in [0.15, 0.2) is 0 Å². The summed E-state index contributed by atoms with van der Waals surface area (Å²) in [5.74, 6) is 0. The lowest BCUT2D eigenvalue weighted by Crippen LogP contribution is -2.40. The summed E-state index contributed by atoms with van der Waals surface area (Å²) in [6.45, 7) is 2.09. The van der Waals surface area contributed by atoms with Gasteiger partial charge in [-0.15, -0.1) is 11.3 Å². The van der Waals surface area contributed by atoms with Crippen LogP contribution in [0.5, 0.6) is 0 Å². The van der Waals surface area contributed by atoms with Gasteiger partial charge < -0.3 is 10.1 Å². The Labute approximate surface area is 106 Å². The van der Waals surface area contributed by atoms with Crippen LogP contribution >= 0.6 is 11.3 Å². The molecule has 3 rings (SSSR count). The summed E-state index contributed by atoms with van der Waals surface area (Å²) in [4.78, 5) is 1.38. The fraction of sp³-hybridized carbons (Fsp3) is 0.429. The van der Waals surface area contributed by atoms with Crippen molar-refractivity contribution in [3.8, 4) is 0 Å². The maximum absolute atomic E-state index is 5.86. The second kappa shape index (κ2) is 4.41. The molecule has 1 aliphatic rings. The Balaban J connectivity index is 2.05. The maximum atomic E-state index is 5.86. The lowest BCUT2D eigenvalue weighted by atomic mass is 9.90. The van der Waals surface area contributed by atoms with E-state index in [0.717, 1.165) is 25.9 Å². The van der Waals surface area contributed by atoms with Crippen LogP contribution in [0.25, 0.3) is 10.1 Å². The van der Waals surface area contributed by atoms with Crippen molar-refractivity contribution in [3.05, 3.63) is 35.2 Å². The molecule has 0 aliphatic carbocycles.